The summed E-state index contributed by atoms with van der Waals surface area (Å²) >= 11 is 1.98. The van der Waals surface area contributed by atoms with Gasteiger partial charge in [0, 0.05) is 29.8 Å². The van der Waals surface area contributed by atoms with Gasteiger partial charge in [-0.1, -0.05) is 19.1 Å². The van der Waals surface area contributed by atoms with Crippen LogP contribution in [0.15, 0.2) is 24.3 Å². The molecule has 0 aliphatic carbocycles. The molecule has 1 aliphatic heterocycles. The summed E-state index contributed by atoms with van der Waals surface area (Å²) in [5.41, 5.74) is 7.42. The third-order valence-electron chi connectivity index (χ3n) is 3.28. The Hall–Kier alpha value is -1.16. The highest BCUT2D eigenvalue weighted by molar-refractivity contribution is 8.00. The first kappa shape index (κ1) is 13.3. The van der Waals surface area contributed by atoms with Gasteiger partial charge in [0.2, 0.25) is 5.91 Å². The summed E-state index contributed by atoms with van der Waals surface area (Å²) in [5, 5.41) is 0.606. The highest BCUT2D eigenvalue weighted by Crippen LogP contribution is 2.21. The van der Waals surface area contributed by atoms with Gasteiger partial charge in [-0.3, -0.25) is 4.79 Å². The SMILES string of the molecule is CCC1CN(C(=O)Cc2ccc(N)cc2)CCS1. The van der Waals surface area contributed by atoms with Crippen molar-refractivity contribution in [1.29, 1.82) is 0 Å². The van der Waals surface area contributed by atoms with Gasteiger partial charge in [0.15, 0.2) is 0 Å². The normalized spacial score (nSPS) is 19.8. The second kappa shape index (κ2) is 6.14. The van der Waals surface area contributed by atoms with Crippen LogP contribution in [0.5, 0.6) is 0 Å². The minimum atomic E-state index is 0.235. The minimum absolute atomic E-state index is 0.235. The molecule has 1 unspecified atom stereocenters. The van der Waals surface area contributed by atoms with Crippen molar-refractivity contribution in [3.63, 3.8) is 0 Å². The lowest BCUT2D eigenvalue weighted by molar-refractivity contribution is -0.130. The minimum Gasteiger partial charge on any atom is -0.399 e. The lowest BCUT2D eigenvalue weighted by Crippen LogP contribution is -2.42. The second-order valence-corrected chi connectivity index (χ2v) is 6.07. The zero-order valence-corrected chi connectivity index (χ0v) is 11.6. The molecule has 0 saturated carbocycles. The topological polar surface area (TPSA) is 46.3 Å². The van der Waals surface area contributed by atoms with E-state index in [4.69, 9.17) is 5.73 Å². The average Bonchev–Trinajstić information content (AvgIpc) is 2.41. The van der Waals surface area contributed by atoms with E-state index in [0.29, 0.717) is 11.7 Å². The van der Waals surface area contributed by atoms with E-state index in [2.05, 4.69) is 6.92 Å². The van der Waals surface area contributed by atoms with Gasteiger partial charge in [-0.2, -0.15) is 11.8 Å². The molecule has 0 bridgehead atoms. The van der Waals surface area contributed by atoms with Gasteiger partial charge in [-0.05, 0) is 24.1 Å². The van der Waals surface area contributed by atoms with Crippen LogP contribution in [0.3, 0.4) is 0 Å². The first-order valence-electron chi connectivity index (χ1n) is 6.43. The van der Waals surface area contributed by atoms with Gasteiger partial charge in [-0.25, -0.2) is 0 Å². The van der Waals surface area contributed by atoms with Crippen LogP contribution in [0, 0.1) is 0 Å². The molecule has 1 aromatic carbocycles. The third-order valence-corrected chi connectivity index (χ3v) is 4.65. The largest absolute Gasteiger partial charge is 0.399 e. The van der Waals surface area contributed by atoms with Gasteiger partial charge in [-0.15, -0.1) is 0 Å². The molecule has 0 aromatic heterocycles. The number of nitrogen functional groups attached to an aromatic ring is 1. The van der Waals surface area contributed by atoms with Crippen LogP contribution in [0.4, 0.5) is 5.69 Å². The Morgan fingerprint density at radius 1 is 1.44 bits per heavy atom. The molecule has 3 nitrogen and oxygen atoms in total. The van der Waals surface area contributed by atoms with Gasteiger partial charge in [0.05, 0.1) is 6.42 Å². The van der Waals surface area contributed by atoms with Crippen LogP contribution >= 0.6 is 11.8 Å². The Morgan fingerprint density at radius 2 is 2.17 bits per heavy atom. The van der Waals surface area contributed by atoms with Crippen molar-refractivity contribution >= 4 is 23.4 Å². The Balaban J connectivity index is 1.93. The first-order chi connectivity index (χ1) is 8.69. The number of nitrogens with two attached hydrogens (primary N) is 1. The predicted octanol–water partition coefficient (Wildman–Crippen LogP) is 2.17. The molecule has 4 heteroatoms. The number of carbonyl (C=O) groups excluding carboxylic acids is 1. The highest BCUT2D eigenvalue weighted by Gasteiger charge is 2.22. The predicted molar refractivity (Wildman–Crippen MR) is 77.7 cm³/mol. The van der Waals surface area contributed by atoms with Gasteiger partial charge < -0.3 is 10.6 Å². The zero-order chi connectivity index (χ0) is 13.0. The molecule has 2 rings (SSSR count). The molecule has 0 radical (unpaired) electrons. The first-order valence-corrected chi connectivity index (χ1v) is 7.47. The van der Waals surface area contributed by atoms with E-state index in [1.54, 1.807) is 0 Å². The zero-order valence-electron chi connectivity index (χ0n) is 10.8. The van der Waals surface area contributed by atoms with Crippen molar-refractivity contribution in [1.82, 2.24) is 4.90 Å². The van der Waals surface area contributed by atoms with Crippen molar-refractivity contribution < 1.29 is 4.79 Å². The van der Waals surface area contributed by atoms with E-state index < -0.39 is 0 Å². The maximum absolute atomic E-state index is 12.2. The Labute approximate surface area is 113 Å². The smallest absolute Gasteiger partial charge is 0.227 e. The molecule has 1 heterocycles. The monoisotopic (exact) mass is 264 g/mol. The summed E-state index contributed by atoms with van der Waals surface area (Å²) < 4.78 is 0. The second-order valence-electron chi connectivity index (χ2n) is 4.66. The molecule has 1 saturated heterocycles. The van der Waals surface area contributed by atoms with Crippen molar-refractivity contribution in [3.8, 4) is 0 Å². The number of hydrogen-bond acceptors (Lipinski definition) is 3. The van der Waals surface area contributed by atoms with E-state index in [9.17, 15) is 4.79 Å². The lowest BCUT2D eigenvalue weighted by Gasteiger charge is -2.32. The van der Waals surface area contributed by atoms with E-state index in [1.807, 2.05) is 40.9 Å². The van der Waals surface area contributed by atoms with E-state index in [0.717, 1.165) is 36.5 Å². The van der Waals surface area contributed by atoms with Gasteiger partial charge in [0.25, 0.3) is 0 Å². The number of anilines is 1. The van der Waals surface area contributed by atoms with E-state index in [1.165, 1.54) is 0 Å². The Kier molecular flexibility index (Phi) is 4.53. The lowest BCUT2D eigenvalue weighted by atomic mass is 10.1. The Morgan fingerprint density at radius 3 is 2.83 bits per heavy atom. The molecule has 1 amide bonds. The van der Waals surface area contributed by atoms with E-state index >= 15 is 0 Å². The maximum atomic E-state index is 12.2. The van der Waals surface area contributed by atoms with Crippen molar-refractivity contribution in [3.05, 3.63) is 29.8 Å². The molecule has 1 aliphatic rings. The molecule has 98 valence electrons. The molecular formula is C14H20N2OS. The molecule has 1 aromatic rings. The summed E-state index contributed by atoms with van der Waals surface area (Å²) in [7, 11) is 0. The maximum Gasteiger partial charge on any atom is 0.227 e. The fourth-order valence-corrected chi connectivity index (χ4v) is 3.29. The molecule has 1 fully saturated rings. The number of hydrogen-bond donors (Lipinski definition) is 1. The summed E-state index contributed by atoms with van der Waals surface area (Å²) in [4.78, 5) is 14.2. The van der Waals surface area contributed by atoms with Gasteiger partial charge >= 0.3 is 0 Å². The fraction of sp³-hybridized carbons (Fsp3) is 0.500. The Bertz CT molecular complexity index is 405. The quantitative estimate of drug-likeness (QED) is 0.851. The van der Waals surface area contributed by atoms with Crippen molar-refractivity contribution in [2.24, 2.45) is 0 Å². The summed E-state index contributed by atoms with van der Waals surface area (Å²) in [5.74, 6) is 1.30. The summed E-state index contributed by atoms with van der Waals surface area (Å²) in [6, 6.07) is 7.57. The number of thioether (sulfide) groups is 1. The van der Waals surface area contributed by atoms with Crippen LogP contribution < -0.4 is 5.73 Å². The summed E-state index contributed by atoms with van der Waals surface area (Å²) in [6.07, 6.45) is 1.62. The number of benzene rings is 1. The molecule has 0 spiro atoms. The summed E-state index contributed by atoms with van der Waals surface area (Å²) in [6.45, 7) is 3.97. The van der Waals surface area contributed by atoms with Gasteiger partial charge in [0.1, 0.15) is 0 Å². The number of rotatable bonds is 3. The standard InChI is InChI=1S/C14H20N2OS/c1-2-13-10-16(7-8-18-13)14(17)9-11-3-5-12(15)6-4-11/h3-6,13H,2,7-10,15H2,1H3. The van der Waals surface area contributed by atoms with Crippen molar-refractivity contribution in [2.75, 3.05) is 24.6 Å². The van der Waals surface area contributed by atoms with Crippen molar-refractivity contribution in [2.45, 2.75) is 25.0 Å². The highest BCUT2D eigenvalue weighted by atomic mass is 32.2. The van der Waals surface area contributed by atoms with Crippen LogP contribution in [-0.2, 0) is 11.2 Å². The van der Waals surface area contributed by atoms with Crippen LogP contribution in [0.2, 0.25) is 0 Å². The molecule has 2 N–H and O–H groups in total. The number of amides is 1. The third kappa shape index (κ3) is 3.42. The van der Waals surface area contributed by atoms with E-state index in [-0.39, 0.29) is 5.91 Å². The molecule has 18 heavy (non-hydrogen) atoms. The average molecular weight is 264 g/mol. The fourth-order valence-electron chi connectivity index (χ4n) is 2.11. The van der Waals surface area contributed by atoms with Crippen LogP contribution in [-0.4, -0.2) is 34.9 Å². The number of carbonyl (C=O) groups is 1. The molecule has 1 atom stereocenters. The van der Waals surface area contributed by atoms with Crippen LogP contribution in [0.1, 0.15) is 18.9 Å². The van der Waals surface area contributed by atoms with Crippen LogP contribution in [0.25, 0.3) is 0 Å². The molecular weight excluding hydrogens is 244 g/mol. The number of nitrogens with zero attached hydrogens (tertiary/aromatic N) is 1.